The van der Waals surface area contributed by atoms with Crippen molar-refractivity contribution in [3.63, 3.8) is 0 Å². The number of nitrogens with zero attached hydrogens (tertiary/aromatic N) is 4. The molecule has 1 aromatic rings. The molecule has 0 N–H and O–H groups in total. The van der Waals surface area contributed by atoms with Crippen LogP contribution in [-0.4, -0.2) is 21.8 Å². The van der Waals surface area contributed by atoms with Crippen molar-refractivity contribution >= 4 is 17.4 Å². The largest absolute Gasteiger partial charge is 0.272 e. The van der Waals surface area contributed by atoms with Crippen LogP contribution < -0.4 is 5.01 Å². The van der Waals surface area contributed by atoms with Crippen LogP contribution in [0.5, 0.6) is 0 Å². The van der Waals surface area contributed by atoms with Gasteiger partial charge in [-0.3, -0.25) is 4.79 Å². The fraction of sp³-hybridized carbons (Fsp3) is 0.455. The lowest BCUT2D eigenvalue weighted by Crippen LogP contribution is -2.30. The van der Waals surface area contributed by atoms with Gasteiger partial charge in [0.1, 0.15) is 0 Å². The molecule has 0 bridgehead atoms. The number of carbonyl (C=O) groups is 1. The van der Waals surface area contributed by atoms with Gasteiger partial charge in [0, 0.05) is 11.9 Å². The number of hydrazone groups is 1. The summed E-state index contributed by atoms with van der Waals surface area (Å²) in [7, 11) is 0. The summed E-state index contributed by atoms with van der Waals surface area (Å²) in [6.07, 6.45) is 1.57. The Kier molecular flexibility index (Phi) is 2.68. The lowest BCUT2D eigenvalue weighted by atomic mass is 9.92. The molecule has 1 amide bonds. The fourth-order valence-electron chi connectivity index (χ4n) is 1.92. The fourth-order valence-corrected chi connectivity index (χ4v) is 1.92. The van der Waals surface area contributed by atoms with Gasteiger partial charge in [-0.2, -0.15) is 15.2 Å². The van der Waals surface area contributed by atoms with Crippen molar-refractivity contribution in [2.24, 2.45) is 16.9 Å². The number of anilines is 1. The standard InChI is InChI=1S/C11H14N4O/c1-7(2)10-8(3)14-15(11(10)16)9-5-4-6-12-13-9/h4-7,10H,1-3H3. The van der Waals surface area contributed by atoms with E-state index in [1.807, 2.05) is 20.8 Å². The Bertz CT molecular complexity index is 427. The van der Waals surface area contributed by atoms with Crippen molar-refractivity contribution in [1.82, 2.24) is 10.2 Å². The molecule has 2 rings (SSSR count). The first-order chi connectivity index (χ1) is 7.61. The van der Waals surface area contributed by atoms with Crippen LogP contribution in [0.25, 0.3) is 0 Å². The normalized spacial score (nSPS) is 20.5. The SMILES string of the molecule is CC1=NN(c2cccnn2)C(=O)C1C(C)C. The average molecular weight is 218 g/mol. The average Bonchev–Trinajstić information content (AvgIpc) is 2.55. The van der Waals surface area contributed by atoms with E-state index in [0.29, 0.717) is 5.82 Å². The molecular weight excluding hydrogens is 204 g/mol. The van der Waals surface area contributed by atoms with Crippen molar-refractivity contribution in [3.05, 3.63) is 18.3 Å². The minimum Gasteiger partial charge on any atom is -0.272 e. The number of rotatable bonds is 2. The molecule has 1 unspecified atom stereocenters. The molecule has 1 aromatic heterocycles. The van der Waals surface area contributed by atoms with Crippen LogP contribution in [0, 0.1) is 11.8 Å². The second-order valence-electron chi connectivity index (χ2n) is 4.19. The number of hydrogen-bond acceptors (Lipinski definition) is 4. The Morgan fingerprint density at radius 3 is 2.69 bits per heavy atom. The van der Waals surface area contributed by atoms with Crippen LogP contribution in [0.1, 0.15) is 20.8 Å². The third kappa shape index (κ3) is 1.68. The number of amides is 1. The second-order valence-corrected chi connectivity index (χ2v) is 4.19. The van der Waals surface area contributed by atoms with Gasteiger partial charge in [-0.05, 0) is 25.0 Å². The maximum atomic E-state index is 12.1. The molecule has 0 saturated carbocycles. The van der Waals surface area contributed by atoms with Crippen molar-refractivity contribution in [3.8, 4) is 0 Å². The lowest BCUT2D eigenvalue weighted by Gasteiger charge is -2.14. The summed E-state index contributed by atoms with van der Waals surface area (Å²) >= 11 is 0. The highest BCUT2D eigenvalue weighted by atomic mass is 16.2. The van der Waals surface area contributed by atoms with E-state index in [2.05, 4.69) is 15.3 Å². The molecule has 0 radical (unpaired) electrons. The predicted molar refractivity (Wildman–Crippen MR) is 61.0 cm³/mol. The number of hydrogen-bond donors (Lipinski definition) is 0. The molecule has 0 saturated heterocycles. The first-order valence-electron chi connectivity index (χ1n) is 5.28. The van der Waals surface area contributed by atoms with E-state index in [0.717, 1.165) is 5.71 Å². The zero-order valence-corrected chi connectivity index (χ0v) is 9.58. The Labute approximate surface area is 94.2 Å². The molecule has 84 valence electrons. The van der Waals surface area contributed by atoms with Crippen molar-refractivity contribution < 1.29 is 4.79 Å². The van der Waals surface area contributed by atoms with E-state index in [9.17, 15) is 4.79 Å². The topological polar surface area (TPSA) is 58.5 Å². The van der Waals surface area contributed by atoms with E-state index in [-0.39, 0.29) is 17.7 Å². The van der Waals surface area contributed by atoms with Gasteiger partial charge >= 0.3 is 0 Å². The van der Waals surface area contributed by atoms with Crippen molar-refractivity contribution in [2.75, 3.05) is 5.01 Å². The maximum Gasteiger partial charge on any atom is 0.257 e. The quantitative estimate of drug-likeness (QED) is 0.755. The maximum absolute atomic E-state index is 12.1. The van der Waals surface area contributed by atoms with Crippen molar-refractivity contribution in [1.29, 1.82) is 0 Å². The first-order valence-corrected chi connectivity index (χ1v) is 5.28. The van der Waals surface area contributed by atoms with Crippen LogP contribution in [0.3, 0.4) is 0 Å². The van der Waals surface area contributed by atoms with Gasteiger partial charge in [0.25, 0.3) is 5.91 Å². The molecule has 2 heterocycles. The third-order valence-corrected chi connectivity index (χ3v) is 2.62. The number of aromatic nitrogens is 2. The van der Waals surface area contributed by atoms with E-state index in [1.54, 1.807) is 18.3 Å². The number of carbonyl (C=O) groups excluding carboxylic acids is 1. The molecule has 0 aliphatic carbocycles. The monoisotopic (exact) mass is 218 g/mol. The highest BCUT2D eigenvalue weighted by Gasteiger charge is 2.36. The molecule has 1 atom stereocenters. The van der Waals surface area contributed by atoms with Gasteiger partial charge in [-0.15, -0.1) is 5.10 Å². The summed E-state index contributed by atoms with van der Waals surface area (Å²) < 4.78 is 0. The van der Waals surface area contributed by atoms with Crippen LogP contribution in [-0.2, 0) is 4.79 Å². The van der Waals surface area contributed by atoms with Crippen LogP contribution >= 0.6 is 0 Å². The molecule has 0 fully saturated rings. The van der Waals surface area contributed by atoms with E-state index >= 15 is 0 Å². The van der Waals surface area contributed by atoms with Crippen LogP contribution in [0.2, 0.25) is 0 Å². The second kappa shape index (κ2) is 4.00. The summed E-state index contributed by atoms with van der Waals surface area (Å²) in [4.78, 5) is 12.1. The molecule has 1 aliphatic heterocycles. The summed E-state index contributed by atoms with van der Waals surface area (Å²) in [5, 5.41) is 13.2. The van der Waals surface area contributed by atoms with Crippen LogP contribution in [0.4, 0.5) is 5.82 Å². The summed E-state index contributed by atoms with van der Waals surface area (Å²) in [6, 6.07) is 3.47. The zero-order chi connectivity index (χ0) is 11.7. The Hall–Kier alpha value is -1.78. The summed E-state index contributed by atoms with van der Waals surface area (Å²) in [5.41, 5.74) is 0.839. The van der Waals surface area contributed by atoms with Gasteiger partial charge < -0.3 is 0 Å². The summed E-state index contributed by atoms with van der Waals surface area (Å²) in [5.74, 6) is 0.572. The molecule has 1 aliphatic rings. The van der Waals surface area contributed by atoms with E-state index in [1.165, 1.54) is 5.01 Å². The lowest BCUT2D eigenvalue weighted by molar-refractivity contribution is -0.120. The molecule has 16 heavy (non-hydrogen) atoms. The highest BCUT2D eigenvalue weighted by Crippen LogP contribution is 2.26. The predicted octanol–water partition coefficient (Wildman–Crippen LogP) is 1.47. The molecule has 5 heteroatoms. The Balaban J connectivity index is 2.31. The zero-order valence-electron chi connectivity index (χ0n) is 9.58. The molecule has 0 spiro atoms. The Morgan fingerprint density at radius 2 is 2.19 bits per heavy atom. The molecular formula is C11H14N4O. The minimum absolute atomic E-state index is 0.0204. The minimum atomic E-state index is -0.137. The molecule has 0 aromatic carbocycles. The Morgan fingerprint density at radius 1 is 1.44 bits per heavy atom. The van der Waals surface area contributed by atoms with E-state index in [4.69, 9.17) is 0 Å². The van der Waals surface area contributed by atoms with Gasteiger partial charge in [-0.25, -0.2) is 0 Å². The first kappa shape index (κ1) is 10.7. The smallest absolute Gasteiger partial charge is 0.257 e. The highest BCUT2D eigenvalue weighted by molar-refractivity contribution is 6.14. The van der Waals surface area contributed by atoms with Gasteiger partial charge in [-0.1, -0.05) is 13.8 Å². The third-order valence-electron chi connectivity index (χ3n) is 2.62. The van der Waals surface area contributed by atoms with E-state index < -0.39 is 0 Å². The van der Waals surface area contributed by atoms with Gasteiger partial charge in [0.05, 0.1) is 5.92 Å². The summed E-state index contributed by atoms with van der Waals surface area (Å²) in [6.45, 7) is 5.91. The van der Waals surface area contributed by atoms with Crippen LogP contribution in [0.15, 0.2) is 23.4 Å². The van der Waals surface area contributed by atoms with Gasteiger partial charge in [0.2, 0.25) is 0 Å². The van der Waals surface area contributed by atoms with Gasteiger partial charge in [0.15, 0.2) is 5.82 Å². The molecule has 5 nitrogen and oxygen atoms in total. The van der Waals surface area contributed by atoms with Crippen molar-refractivity contribution in [2.45, 2.75) is 20.8 Å².